The first kappa shape index (κ1) is 15.0. The number of hydrogen-bond donors (Lipinski definition) is 0. The van der Waals surface area contributed by atoms with Gasteiger partial charge in [0.1, 0.15) is 0 Å². The van der Waals surface area contributed by atoms with E-state index in [2.05, 4.69) is 29.1 Å². The number of carbonyl (C=O) groups excluding carboxylic acids is 1. The maximum atomic E-state index is 12.2. The molecule has 6 heteroatoms. The lowest BCUT2D eigenvalue weighted by Crippen LogP contribution is -2.38. The van der Waals surface area contributed by atoms with Crippen molar-refractivity contribution >= 4 is 5.91 Å². The maximum absolute atomic E-state index is 12.2. The van der Waals surface area contributed by atoms with Gasteiger partial charge in [-0.3, -0.25) is 9.69 Å². The molecule has 112 valence electrons. The third kappa shape index (κ3) is 3.80. The largest absolute Gasteiger partial charge is 0.359 e. The van der Waals surface area contributed by atoms with Crippen LogP contribution in [0.3, 0.4) is 0 Å². The molecule has 1 atom stereocenters. The van der Waals surface area contributed by atoms with Crippen molar-refractivity contribution in [2.45, 2.75) is 25.9 Å². The smallest absolute Gasteiger partial charge is 0.236 e. The van der Waals surface area contributed by atoms with Crippen molar-refractivity contribution in [3.8, 4) is 0 Å². The summed E-state index contributed by atoms with van der Waals surface area (Å²) in [5.41, 5.74) is 0.842. The van der Waals surface area contributed by atoms with Crippen LogP contribution in [0.2, 0.25) is 0 Å². The van der Waals surface area contributed by atoms with E-state index in [1.54, 1.807) is 11.9 Å². The van der Waals surface area contributed by atoms with E-state index in [0.717, 1.165) is 31.0 Å². The fourth-order valence-corrected chi connectivity index (χ4v) is 2.50. The molecule has 0 aromatic carbocycles. The summed E-state index contributed by atoms with van der Waals surface area (Å²) in [4.78, 5) is 18.3. The molecule has 1 aromatic heterocycles. The van der Waals surface area contributed by atoms with Crippen LogP contribution in [-0.2, 0) is 11.3 Å². The van der Waals surface area contributed by atoms with Crippen LogP contribution in [0.25, 0.3) is 0 Å². The molecule has 0 radical (unpaired) electrons. The number of likely N-dealkylation sites (tertiary alicyclic amines) is 1. The number of carbonyl (C=O) groups is 1. The van der Waals surface area contributed by atoms with Crippen LogP contribution in [0.1, 0.15) is 17.9 Å². The first-order chi connectivity index (χ1) is 9.45. The molecule has 6 nitrogen and oxygen atoms in total. The molecule has 1 aliphatic rings. The summed E-state index contributed by atoms with van der Waals surface area (Å²) in [6.07, 6.45) is 1.13. The van der Waals surface area contributed by atoms with Crippen molar-refractivity contribution in [2.24, 2.45) is 0 Å². The highest BCUT2D eigenvalue weighted by atomic mass is 16.5. The minimum absolute atomic E-state index is 0.124. The fraction of sp³-hybridized carbons (Fsp3) is 0.714. The number of hydrogen-bond acceptors (Lipinski definition) is 5. The molecule has 1 fully saturated rings. The predicted molar refractivity (Wildman–Crippen MR) is 76.2 cm³/mol. The first-order valence-electron chi connectivity index (χ1n) is 7.00. The summed E-state index contributed by atoms with van der Waals surface area (Å²) in [6.45, 7) is 4.79. The Morgan fingerprint density at radius 1 is 1.50 bits per heavy atom. The highest BCUT2D eigenvalue weighted by molar-refractivity contribution is 5.77. The Morgan fingerprint density at radius 3 is 2.80 bits per heavy atom. The Labute approximate surface area is 120 Å². The zero-order valence-corrected chi connectivity index (χ0v) is 12.8. The van der Waals surface area contributed by atoms with E-state index in [9.17, 15) is 4.79 Å². The molecule has 0 spiro atoms. The fourth-order valence-electron chi connectivity index (χ4n) is 2.50. The van der Waals surface area contributed by atoms with Crippen LogP contribution < -0.4 is 0 Å². The van der Waals surface area contributed by atoms with Crippen LogP contribution in [-0.4, -0.2) is 72.6 Å². The highest BCUT2D eigenvalue weighted by Crippen LogP contribution is 2.13. The Bertz CT molecular complexity index is 458. The second kappa shape index (κ2) is 6.37. The summed E-state index contributed by atoms with van der Waals surface area (Å²) in [5.74, 6) is 0.851. The number of nitrogens with zero attached hydrogens (tertiary/aromatic N) is 4. The van der Waals surface area contributed by atoms with Gasteiger partial charge in [-0.2, -0.15) is 0 Å². The van der Waals surface area contributed by atoms with Gasteiger partial charge in [0.15, 0.2) is 5.76 Å². The Hall–Kier alpha value is -1.40. The van der Waals surface area contributed by atoms with Crippen molar-refractivity contribution in [1.82, 2.24) is 19.9 Å². The van der Waals surface area contributed by atoms with Gasteiger partial charge >= 0.3 is 0 Å². The van der Waals surface area contributed by atoms with Crippen LogP contribution in [0, 0.1) is 6.92 Å². The van der Waals surface area contributed by atoms with Gasteiger partial charge in [-0.05, 0) is 27.4 Å². The minimum atomic E-state index is 0.124. The zero-order valence-electron chi connectivity index (χ0n) is 12.8. The molecule has 1 amide bonds. The van der Waals surface area contributed by atoms with Gasteiger partial charge in [-0.25, -0.2) is 0 Å². The molecule has 0 bridgehead atoms. The topological polar surface area (TPSA) is 52.8 Å². The van der Waals surface area contributed by atoms with Crippen molar-refractivity contribution in [1.29, 1.82) is 0 Å². The molecule has 0 saturated carbocycles. The van der Waals surface area contributed by atoms with E-state index in [-0.39, 0.29) is 5.91 Å². The second-order valence-electron chi connectivity index (χ2n) is 5.83. The van der Waals surface area contributed by atoms with Gasteiger partial charge in [-0.1, -0.05) is 5.16 Å². The third-order valence-corrected chi connectivity index (χ3v) is 3.83. The quantitative estimate of drug-likeness (QED) is 0.789. The van der Waals surface area contributed by atoms with Gasteiger partial charge < -0.3 is 14.3 Å². The molecule has 1 aromatic rings. The molecule has 0 unspecified atom stereocenters. The number of aryl methyl sites for hydroxylation is 1. The van der Waals surface area contributed by atoms with E-state index >= 15 is 0 Å². The van der Waals surface area contributed by atoms with Gasteiger partial charge in [0.25, 0.3) is 0 Å². The van der Waals surface area contributed by atoms with E-state index in [1.807, 2.05) is 13.0 Å². The molecule has 2 heterocycles. The number of amides is 1. The summed E-state index contributed by atoms with van der Waals surface area (Å²) in [6, 6.07) is 2.42. The first-order valence-corrected chi connectivity index (χ1v) is 7.00. The molecular formula is C14H24N4O2. The van der Waals surface area contributed by atoms with Crippen molar-refractivity contribution in [3.63, 3.8) is 0 Å². The molecule has 0 aliphatic carbocycles. The maximum Gasteiger partial charge on any atom is 0.236 e. The highest BCUT2D eigenvalue weighted by Gasteiger charge is 2.26. The summed E-state index contributed by atoms with van der Waals surface area (Å²) in [5, 5.41) is 3.83. The van der Waals surface area contributed by atoms with E-state index in [1.165, 1.54) is 0 Å². The van der Waals surface area contributed by atoms with Crippen molar-refractivity contribution < 1.29 is 9.32 Å². The third-order valence-electron chi connectivity index (χ3n) is 3.83. The average Bonchev–Trinajstić information content (AvgIpc) is 2.98. The van der Waals surface area contributed by atoms with Gasteiger partial charge in [0.2, 0.25) is 5.91 Å². The van der Waals surface area contributed by atoms with Crippen LogP contribution in [0.15, 0.2) is 10.6 Å². The lowest BCUT2D eigenvalue weighted by atomic mass is 10.2. The Kier molecular flexibility index (Phi) is 4.77. The van der Waals surface area contributed by atoms with Crippen LogP contribution >= 0.6 is 0 Å². The molecule has 0 N–H and O–H groups in total. The lowest BCUT2D eigenvalue weighted by molar-refractivity contribution is -0.131. The Morgan fingerprint density at radius 2 is 2.25 bits per heavy atom. The van der Waals surface area contributed by atoms with Crippen LogP contribution in [0.4, 0.5) is 0 Å². The molecular weight excluding hydrogens is 256 g/mol. The molecule has 20 heavy (non-hydrogen) atoms. The Balaban J connectivity index is 1.80. The second-order valence-corrected chi connectivity index (χ2v) is 5.83. The lowest BCUT2D eigenvalue weighted by Gasteiger charge is -2.22. The van der Waals surface area contributed by atoms with E-state index in [4.69, 9.17) is 4.52 Å². The van der Waals surface area contributed by atoms with E-state index < -0.39 is 0 Å². The summed E-state index contributed by atoms with van der Waals surface area (Å²) in [7, 11) is 5.99. The minimum Gasteiger partial charge on any atom is -0.359 e. The SMILES string of the molecule is Cc1cc(CN(C)C(=O)CN2CC[C@H](N(C)C)C2)on1. The van der Waals surface area contributed by atoms with Crippen molar-refractivity contribution in [2.75, 3.05) is 40.8 Å². The average molecular weight is 280 g/mol. The summed E-state index contributed by atoms with van der Waals surface area (Å²) < 4.78 is 5.14. The van der Waals surface area contributed by atoms with Crippen molar-refractivity contribution in [3.05, 3.63) is 17.5 Å². The van der Waals surface area contributed by atoms with Crippen LogP contribution in [0.5, 0.6) is 0 Å². The van der Waals surface area contributed by atoms with Gasteiger partial charge in [0, 0.05) is 32.2 Å². The summed E-state index contributed by atoms with van der Waals surface area (Å²) >= 11 is 0. The number of likely N-dealkylation sites (N-methyl/N-ethyl adjacent to an activating group) is 2. The molecule has 2 rings (SSSR count). The zero-order chi connectivity index (χ0) is 14.7. The normalized spacial score (nSPS) is 19.8. The number of aromatic nitrogens is 1. The number of rotatable bonds is 5. The van der Waals surface area contributed by atoms with E-state index in [0.29, 0.717) is 19.1 Å². The van der Waals surface area contributed by atoms with Gasteiger partial charge in [0.05, 0.1) is 18.8 Å². The predicted octanol–water partition coefficient (Wildman–Crippen LogP) is 0.577. The standard InChI is InChI=1S/C14H24N4O2/c1-11-7-13(20-15-11)9-17(4)14(19)10-18-6-5-12(8-18)16(2)3/h7,12H,5-6,8-10H2,1-4H3/t12-/m0/s1. The van der Waals surface area contributed by atoms with Gasteiger partial charge in [-0.15, -0.1) is 0 Å². The monoisotopic (exact) mass is 280 g/mol. The molecule has 1 aliphatic heterocycles. The molecule has 1 saturated heterocycles.